The Morgan fingerprint density at radius 3 is 1.81 bits per heavy atom. The van der Waals surface area contributed by atoms with Crippen LogP contribution in [0.4, 0.5) is 0 Å². The fraction of sp³-hybridized carbons (Fsp3) is 0.900. The van der Waals surface area contributed by atoms with Crippen molar-refractivity contribution >= 4 is 13.6 Å². The molecule has 3 N–H and O–H groups in total. The molecule has 0 aliphatic heterocycles. The van der Waals surface area contributed by atoms with Gasteiger partial charge in [0.1, 0.15) is 0 Å². The first-order valence-corrected chi connectivity index (χ1v) is 7.19. The third kappa shape index (κ3) is 3.30. The van der Waals surface area contributed by atoms with Crippen LogP contribution in [0.2, 0.25) is 0 Å². The van der Waals surface area contributed by atoms with Gasteiger partial charge in [0, 0.05) is 0 Å². The smallest absolute Gasteiger partial charge is 0.329 e. The minimum absolute atomic E-state index is 0.294. The molecule has 0 aromatic rings. The Morgan fingerprint density at radius 2 is 1.62 bits per heavy atom. The molecule has 0 spiro atoms. The summed E-state index contributed by atoms with van der Waals surface area (Å²) in [4.78, 5) is 29.7. The predicted octanol–water partition coefficient (Wildman–Crippen LogP) is 2.22. The summed E-state index contributed by atoms with van der Waals surface area (Å²) in [6, 6.07) is 0. The van der Waals surface area contributed by atoms with Crippen molar-refractivity contribution < 1.29 is 24.3 Å². The molecule has 0 amide bonds. The molecule has 96 valence electrons. The Morgan fingerprint density at radius 1 is 1.25 bits per heavy atom. The molecular formula is C10H21O5P. The number of carbonyl (C=O) groups is 1. The summed E-state index contributed by atoms with van der Waals surface area (Å²) in [6.45, 7) is 4.97. The molecule has 16 heavy (non-hydrogen) atoms. The van der Waals surface area contributed by atoms with Gasteiger partial charge in [-0.25, -0.2) is 0 Å². The standard InChI is InChI=1S/C10H21O5P/c1-4-6-10(7-5-2,9(11)12)8(3)16(13,14)15/h8H,4-7H2,1-3H3,(H,11,12)(H2,13,14,15). The fourth-order valence-electron chi connectivity index (χ4n) is 2.15. The van der Waals surface area contributed by atoms with Crippen LogP contribution in [0.5, 0.6) is 0 Å². The average Bonchev–Trinajstić information content (AvgIpc) is 2.14. The maximum absolute atomic E-state index is 11.3. The maximum atomic E-state index is 11.3. The predicted molar refractivity (Wildman–Crippen MR) is 61.4 cm³/mol. The molecule has 0 saturated heterocycles. The lowest BCUT2D eigenvalue weighted by Gasteiger charge is -2.35. The van der Waals surface area contributed by atoms with Crippen molar-refractivity contribution in [3.05, 3.63) is 0 Å². The van der Waals surface area contributed by atoms with E-state index in [1.807, 2.05) is 13.8 Å². The summed E-state index contributed by atoms with van der Waals surface area (Å²) in [5, 5.41) is 9.28. The molecule has 0 saturated carbocycles. The van der Waals surface area contributed by atoms with Crippen LogP contribution in [-0.4, -0.2) is 26.5 Å². The van der Waals surface area contributed by atoms with E-state index in [1.165, 1.54) is 6.92 Å². The van der Waals surface area contributed by atoms with Crippen LogP contribution < -0.4 is 0 Å². The first-order chi connectivity index (χ1) is 7.22. The van der Waals surface area contributed by atoms with Crippen LogP contribution in [0.15, 0.2) is 0 Å². The van der Waals surface area contributed by atoms with Crippen molar-refractivity contribution in [2.75, 3.05) is 0 Å². The van der Waals surface area contributed by atoms with Gasteiger partial charge < -0.3 is 14.9 Å². The highest BCUT2D eigenvalue weighted by Crippen LogP contribution is 2.53. The molecule has 0 heterocycles. The molecule has 0 bridgehead atoms. The molecule has 1 unspecified atom stereocenters. The van der Waals surface area contributed by atoms with Gasteiger partial charge in [0.05, 0.1) is 11.1 Å². The number of hydrogen-bond donors (Lipinski definition) is 3. The van der Waals surface area contributed by atoms with E-state index in [2.05, 4.69) is 0 Å². The fourth-order valence-corrected chi connectivity index (χ4v) is 3.16. The molecular weight excluding hydrogens is 231 g/mol. The summed E-state index contributed by atoms with van der Waals surface area (Å²) in [6.07, 6.45) is 1.78. The van der Waals surface area contributed by atoms with E-state index in [0.29, 0.717) is 25.7 Å². The summed E-state index contributed by atoms with van der Waals surface area (Å²) >= 11 is 0. The van der Waals surface area contributed by atoms with Crippen LogP contribution >= 0.6 is 7.60 Å². The van der Waals surface area contributed by atoms with Crippen LogP contribution in [0.25, 0.3) is 0 Å². The summed E-state index contributed by atoms with van der Waals surface area (Å²) in [5.41, 5.74) is -2.44. The van der Waals surface area contributed by atoms with Gasteiger partial charge in [0.25, 0.3) is 0 Å². The van der Waals surface area contributed by atoms with Gasteiger partial charge in [0.2, 0.25) is 0 Å². The first kappa shape index (κ1) is 15.6. The zero-order chi connectivity index (χ0) is 13.0. The Labute approximate surface area is 96.0 Å². The van der Waals surface area contributed by atoms with Gasteiger partial charge in [-0.2, -0.15) is 0 Å². The molecule has 0 aromatic carbocycles. The van der Waals surface area contributed by atoms with Gasteiger partial charge in [-0.3, -0.25) is 9.36 Å². The highest BCUT2D eigenvalue weighted by molar-refractivity contribution is 7.52. The minimum Gasteiger partial charge on any atom is -0.481 e. The van der Waals surface area contributed by atoms with E-state index in [4.69, 9.17) is 0 Å². The molecule has 0 aromatic heterocycles. The topological polar surface area (TPSA) is 94.8 Å². The highest BCUT2D eigenvalue weighted by Gasteiger charge is 2.49. The Balaban J connectivity index is 5.32. The molecule has 0 aliphatic rings. The van der Waals surface area contributed by atoms with Gasteiger partial charge in [0.15, 0.2) is 0 Å². The van der Waals surface area contributed by atoms with Crippen LogP contribution in [0.3, 0.4) is 0 Å². The van der Waals surface area contributed by atoms with Gasteiger partial charge >= 0.3 is 13.6 Å². The van der Waals surface area contributed by atoms with Crippen molar-refractivity contribution in [2.24, 2.45) is 5.41 Å². The summed E-state index contributed by atoms with van der Waals surface area (Å²) in [5.74, 6) is -1.10. The molecule has 0 fully saturated rings. The lowest BCUT2D eigenvalue weighted by molar-refractivity contribution is -0.150. The van der Waals surface area contributed by atoms with E-state index < -0.39 is 24.6 Å². The van der Waals surface area contributed by atoms with Gasteiger partial charge in [-0.1, -0.05) is 26.7 Å². The first-order valence-electron chi connectivity index (χ1n) is 5.51. The van der Waals surface area contributed by atoms with Crippen molar-refractivity contribution in [2.45, 2.75) is 52.1 Å². The van der Waals surface area contributed by atoms with E-state index in [-0.39, 0.29) is 0 Å². The monoisotopic (exact) mass is 252 g/mol. The Bertz CT molecular complexity index is 277. The summed E-state index contributed by atoms with van der Waals surface area (Å²) < 4.78 is 11.3. The van der Waals surface area contributed by atoms with Crippen molar-refractivity contribution in [1.82, 2.24) is 0 Å². The van der Waals surface area contributed by atoms with E-state index in [1.54, 1.807) is 0 Å². The second-order valence-corrected chi connectivity index (χ2v) is 6.18. The zero-order valence-corrected chi connectivity index (χ0v) is 10.9. The second-order valence-electron chi connectivity index (χ2n) is 4.23. The number of rotatable bonds is 7. The SMILES string of the molecule is CCCC(CCC)(C(=O)O)C(C)P(=O)(O)O. The lowest BCUT2D eigenvalue weighted by atomic mass is 9.76. The van der Waals surface area contributed by atoms with Crippen molar-refractivity contribution in [3.8, 4) is 0 Å². The number of carboxylic acid groups (broad SMARTS) is 1. The van der Waals surface area contributed by atoms with Crippen LogP contribution in [0, 0.1) is 5.41 Å². The van der Waals surface area contributed by atoms with E-state index in [9.17, 15) is 24.3 Å². The Hall–Kier alpha value is -0.380. The highest BCUT2D eigenvalue weighted by atomic mass is 31.2. The molecule has 0 aliphatic carbocycles. The normalized spacial score (nSPS) is 14.8. The Kier molecular flexibility index (Phi) is 5.66. The third-order valence-electron chi connectivity index (χ3n) is 3.12. The third-order valence-corrected chi connectivity index (χ3v) is 4.63. The molecule has 1 atom stereocenters. The zero-order valence-electron chi connectivity index (χ0n) is 10.0. The van der Waals surface area contributed by atoms with Gasteiger partial charge in [-0.05, 0) is 19.8 Å². The molecule has 0 radical (unpaired) electrons. The van der Waals surface area contributed by atoms with Crippen molar-refractivity contribution in [3.63, 3.8) is 0 Å². The van der Waals surface area contributed by atoms with Crippen LogP contribution in [-0.2, 0) is 9.36 Å². The number of carboxylic acids is 1. The number of aliphatic carboxylic acids is 1. The quantitative estimate of drug-likeness (QED) is 0.604. The molecule has 0 rings (SSSR count). The maximum Gasteiger partial charge on any atom is 0.329 e. The number of hydrogen-bond acceptors (Lipinski definition) is 2. The van der Waals surface area contributed by atoms with E-state index in [0.717, 1.165) is 0 Å². The lowest BCUT2D eigenvalue weighted by Crippen LogP contribution is -2.40. The minimum atomic E-state index is -4.37. The average molecular weight is 252 g/mol. The largest absolute Gasteiger partial charge is 0.481 e. The van der Waals surface area contributed by atoms with Gasteiger partial charge in [-0.15, -0.1) is 0 Å². The van der Waals surface area contributed by atoms with Crippen LogP contribution in [0.1, 0.15) is 46.5 Å². The van der Waals surface area contributed by atoms with Crippen molar-refractivity contribution in [1.29, 1.82) is 0 Å². The molecule has 6 heteroatoms. The second kappa shape index (κ2) is 5.80. The van der Waals surface area contributed by atoms with E-state index >= 15 is 0 Å². The molecule has 5 nitrogen and oxygen atoms in total. The summed E-state index contributed by atoms with van der Waals surface area (Å²) in [7, 11) is -4.37.